The number of carboxylic acids is 1. The second kappa shape index (κ2) is 10.6. The average molecular weight is 420 g/mol. The molecular weight excluding hydrogens is 394 g/mol. The molecule has 0 bridgehead atoms. The van der Waals surface area contributed by atoms with Crippen molar-refractivity contribution < 1.29 is 14.7 Å². The van der Waals surface area contributed by atoms with Crippen LogP contribution in [-0.2, 0) is 17.8 Å². The Labute approximate surface area is 181 Å². The first kappa shape index (κ1) is 21.7. The Morgan fingerprint density at radius 1 is 1.07 bits per heavy atom. The van der Waals surface area contributed by atoms with Gasteiger partial charge in [0.2, 0.25) is 0 Å². The van der Waals surface area contributed by atoms with Crippen LogP contribution in [0.5, 0.6) is 0 Å². The minimum atomic E-state index is -0.816. The Morgan fingerprint density at radius 3 is 2.60 bits per heavy atom. The van der Waals surface area contributed by atoms with Gasteiger partial charge in [-0.05, 0) is 42.2 Å². The average Bonchev–Trinajstić information content (AvgIpc) is 3.24. The molecule has 0 amide bonds. The molecule has 0 aliphatic heterocycles. The van der Waals surface area contributed by atoms with E-state index in [2.05, 4.69) is 13.0 Å². The van der Waals surface area contributed by atoms with Crippen molar-refractivity contribution >= 4 is 29.6 Å². The fourth-order valence-corrected chi connectivity index (χ4v) is 3.75. The highest BCUT2D eigenvalue weighted by Gasteiger charge is 2.10. The van der Waals surface area contributed by atoms with Gasteiger partial charge in [0.1, 0.15) is 0 Å². The third-order valence-electron chi connectivity index (χ3n) is 4.72. The first-order valence-corrected chi connectivity index (χ1v) is 10.9. The number of hydrogen-bond donors (Lipinski definition) is 1. The van der Waals surface area contributed by atoms with Crippen LogP contribution in [0.2, 0.25) is 0 Å². The van der Waals surface area contributed by atoms with Crippen LogP contribution in [0.3, 0.4) is 0 Å². The maximum absolute atomic E-state index is 12.6. The van der Waals surface area contributed by atoms with E-state index in [1.807, 2.05) is 77.6 Å². The lowest BCUT2D eigenvalue weighted by molar-refractivity contribution is -0.133. The molecule has 0 fully saturated rings. The smallest absolute Gasteiger partial charge is 0.313 e. The van der Waals surface area contributed by atoms with Gasteiger partial charge in [0.05, 0.1) is 5.75 Å². The summed E-state index contributed by atoms with van der Waals surface area (Å²) >= 11 is 1.31. The van der Waals surface area contributed by atoms with E-state index in [1.165, 1.54) is 17.3 Å². The number of hydrogen-bond acceptors (Lipinski definition) is 3. The standard InChI is InChI=1S/C25H25NO3S/c1-2-19-9-11-21(12-10-19)25(29)22-13-15-26(17-22)14-4-3-6-20-7-5-8-23(16-20)30-18-24(27)28/h3,5-13,15-17H,2,4,14,18H2,1H3,(H,27,28)/b6-3+. The molecule has 0 aliphatic carbocycles. The van der Waals surface area contributed by atoms with Crippen LogP contribution in [0.1, 0.15) is 40.4 Å². The summed E-state index contributed by atoms with van der Waals surface area (Å²) in [5.41, 5.74) is 3.68. The molecule has 3 rings (SSSR count). The Bertz CT molecular complexity index is 1030. The van der Waals surface area contributed by atoms with E-state index < -0.39 is 5.97 Å². The van der Waals surface area contributed by atoms with Crippen molar-refractivity contribution in [3.05, 3.63) is 95.3 Å². The van der Waals surface area contributed by atoms with Crippen molar-refractivity contribution in [3.8, 4) is 0 Å². The first-order valence-electron chi connectivity index (χ1n) is 9.96. The Hall–Kier alpha value is -3.05. The monoisotopic (exact) mass is 419 g/mol. The third-order valence-corrected chi connectivity index (χ3v) is 5.70. The summed E-state index contributed by atoms with van der Waals surface area (Å²) in [6.07, 6.45) is 9.75. The Balaban J connectivity index is 1.53. The van der Waals surface area contributed by atoms with E-state index in [0.29, 0.717) is 11.1 Å². The zero-order valence-corrected chi connectivity index (χ0v) is 17.8. The molecule has 0 saturated heterocycles. The molecule has 1 N–H and O–H groups in total. The number of aromatic nitrogens is 1. The molecule has 0 aliphatic rings. The van der Waals surface area contributed by atoms with Crippen molar-refractivity contribution in [3.63, 3.8) is 0 Å². The van der Waals surface area contributed by atoms with Crippen LogP contribution in [0, 0.1) is 0 Å². The van der Waals surface area contributed by atoms with Gasteiger partial charge < -0.3 is 9.67 Å². The van der Waals surface area contributed by atoms with Crippen LogP contribution >= 0.6 is 11.8 Å². The highest BCUT2D eigenvalue weighted by atomic mass is 32.2. The number of allylic oxidation sites excluding steroid dienone is 1. The molecule has 154 valence electrons. The molecule has 0 unspecified atom stereocenters. The van der Waals surface area contributed by atoms with E-state index in [-0.39, 0.29) is 11.5 Å². The summed E-state index contributed by atoms with van der Waals surface area (Å²) in [6.45, 7) is 2.88. The largest absolute Gasteiger partial charge is 0.481 e. The van der Waals surface area contributed by atoms with E-state index in [4.69, 9.17) is 5.11 Å². The van der Waals surface area contributed by atoms with Crippen molar-refractivity contribution in [2.24, 2.45) is 0 Å². The molecule has 30 heavy (non-hydrogen) atoms. The van der Waals surface area contributed by atoms with Crippen molar-refractivity contribution in [1.82, 2.24) is 4.57 Å². The molecular formula is C25H25NO3S. The molecule has 4 nitrogen and oxygen atoms in total. The number of carbonyl (C=O) groups excluding carboxylic acids is 1. The van der Waals surface area contributed by atoms with E-state index in [1.54, 1.807) is 0 Å². The Kier molecular flexibility index (Phi) is 7.69. The fourth-order valence-electron chi connectivity index (χ4n) is 3.07. The first-order chi connectivity index (χ1) is 14.5. The van der Waals surface area contributed by atoms with Gasteiger partial charge in [0, 0.05) is 35.0 Å². The molecule has 0 radical (unpaired) electrons. The number of aryl methyl sites for hydroxylation is 2. The molecule has 1 aromatic heterocycles. The van der Waals surface area contributed by atoms with Gasteiger partial charge in [-0.15, -0.1) is 11.8 Å². The predicted octanol–water partition coefficient (Wildman–Crippen LogP) is 5.56. The normalized spacial score (nSPS) is 11.1. The summed E-state index contributed by atoms with van der Waals surface area (Å²) in [4.78, 5) is 24.3. The lowest BCUT2D eigenvalue weighted by Gasteiger charge is -2.02. The van der Waals surface area contributed by atoms with Gasteiger partial charge in [-0.3, -0.25) is 9.59 Å². The number of thioether (sulfide) groups is 1. The lowest BCUT2D eigenvalue weighted by Crippen LogP contribution is -2.00. The van der Waals surface area contributed by atoms with E-state index in [0.717, 1.165) is 29.8 Å². The maximum atomic E-state index is 12.6. The topological polar surface area (TPSA) is 59.3 Å². The van der Waals surface area contributed by atoms with Gasteiger partial charge in [-0.2, -0.15) is 0 Å². The van der Waals surface area contributed by atoms with Crippen molar-refractivity contribution in [2.75, 3.05) is 5.75 Å². The summed E-state index contributed by atoms with van der Waals surface area (Å²) < 4.78 is 2.02. The molecule has 3 aromatic rings. The highest BCUT2D eigenvalue weighted by molar-refractivity contribution is 8.00. The minimum Gasteiger partial charge on any atom is -0.481 e. The molecule has 2 aromatic carbocycles. The molecule has 0 saturated carbocycles. The molecule has 5 heteroatoms. The summed E-state index contributed by atoms with van der Waals surface area (Å²) in [5, 5.41) is 8.79. The van der Waals surface area contributed by atoms with Gasteiger partial charge in [0.15, 0.2) is 5.78 Å². The molecule has 0 atom stereocenters. The minimum absolute atomic E-state index is 0.0441. The number of nitrogens with zero attached hydrogens (tertiary/aromatic N) is 1. The number of aliphatic carboxylic acids is 1. The van der Waals surface area contributed by atoms with Crippen LogP contribution in [0.4, 0.5) is 0 Å². The third kappa shape index (κ3) is 6.22. The SMILES string of the molecule is CCc1ccc(C(=O)c2ccn(CC/C=C/c3cccc(SCC(=O)O)c3)c2)cc1. The number of rotatable bonds is 10. The Morgan fingerprint density at radius 2 is 1.87 bits per heavy atom. The van der Waals surface area contributed by atoms with Gasteiger partial charge in [0.25, 0.3) is 0 Å². The van der Waals surface area contributed by atoms with Gasteiger partial charge >= 0.3 is 5.97 Å². The van der Waals surface area contributed by atoms with Crippen LogP contribution in [0.15, 0.2) is 78.0 Å². The number of ketones is 1. The maximum Gasteiger partial charge on any atom is 0.313 e. The highest BCUT2D eigenvalue weighted by Crippen LogP contribution is 2.20. The summed E-state index contributed by atoms with van der Waals surface area (Å²) in [7, 11) is 0. The van der Waals surface area contributed by atoms with Crippen molar-refractivity contribution in [2.45, 2.75) is 31.2 Å². The number of carboxylic acid groups (broad SMARTS) is 1. The van der Waals surface area contributed by atoms with Crippen molar-refractivity contribution in [1.29, 1.82) is 0 Å². The lowest BCUT2D eigenvalue weighted by atomic mass is 10.0. The fraction of sp³-hybridized carbons (Fsp3) is 0.200. The number of benzene rings is 2. The summed E-state index contributed by atoms with van der Waals surface area (Å²) in [6, 6.07) is 17.5. The molecule has 0 spiro atoms. The van der Waals surface area contributed by atoms with Gasteiger partial charge in [-0.25, -0.2) is 0 Å². The van der Waals surface area contributed by atoms with Crippen LogP contribution in [-0.4, -0.2) is 27.2 Å². The van der Waals surface area contributed by atoms with Crippen LogP contribution in [0.25, 0.3) is 6.08 Å². The number of carbonyl (C=O) groups is 2. The summed E-state index contributed by atoms with van der Waals surface area (Å²) in [5.74, 6) is -0.712. The quantitative estimate of drug-likeness (QED) is 0.345. The van der Waals surface area contributed by atoms with E-state index in [9.17, 15) is 9.59 Å². The van der Waals surface area contributed by atoms with Gasteiger partial charge in [-0.1, -0.05) is 55.5 Å². The second-order valence-electron chi connectivity index (χ2n) is 6.96. The second-order valence-corrected chi connectivity index (χ2v) is 8.01. The zero-order valence-electron chi connectivity index (χ0n) is 17.0. The zero-order chi connectivity index (χ0) is 21.3. The predicted molar refractivity (Wildman–Crippen MR) is 122 cm³/mol. The van der Waals surface area contributed by atoms with E-state index >= 15 is 0 Å². The van der Waals surface area contributed by atoms with Crippen LogP contribution < -0.4 is 0 Å². The molecule has 1 heterocycles.